The van der Waals surface area contributed by atoms with Crippen molar-refractivity contribution in [3.63, 3.8) is 0 Å². The van der Waals surface area contributed by atoms with Gasteiger partial charge in [-0.2, -0.15) is 5.10 Å². The first-order chi connectivity index (χ1) is 10.1. The van der Waals surface area contributed by atoms with Crippen molar-refractivity contribution in [1.29, 1.82) is 0 Å². The smallest absolute Gasteiger partial charge is 0.164 e. The van der Waals surface area contributed by atoms with Gasteiger partial charge in [-0.15, -0.1) is 0 Å². The number of nitrogen functional groups attached to an aromatic ring is 1. The number of allylic oxidation sites excluding steroid dienone is 4. The van der Waals surface area contributed by atoms with Crippen molar-refractivity contribution in [1.82, 2.24) is 19.7 Å². The van der Waals surface area contributed by atoms with E-state index in [1.165, 1.54) is 6.33 Å². The van der Waals surface area contributed by atoms with Gasteiger partial charge in [-0.1, -0.05) is 44.7 Å². The van der Waals surface area contributed by atoms with Crippen molar-refractivity contribution in [2.75, 3.05) is 5.73 Å². The van der Waals surface area contributed by atoms with Crippen LogP contribution in [-0.2, 0) is 0 Å². The van der Waals surface area contributed by atoms with E-state index in [9.17, 15) is 0 Å². The lowest BCUT2D eigenvalue weighted by Crippen LogP contribution is -2.07. The van der Waals surface area contributed by atoms with Crippen LogP contribution in [0.5, 0.6) is 0 Å². The molecule has 1 atom stereocenters. The Morgan fingerprint density at radius 1 is 1.48 bits per heavy atom. The molecule has 0 aliphatic rings. The molecule has 1 unspecified atom stereocenters. The number of nitrogens with two attached hydrogens (primary N) is 1. The van der Waals surface area contributed by atoms with Crippen LogP contribution in [0, 0.1) is 0 Å². The molecule has 5 nitrogen and oxygen atoms in total. The average molecular weight is 283 g/mol. The Hall–Kier alpha value is -2.43. The molecule has 110 valence electrons. The first-order valence-electron chi connectivity index (χ1n) is 7.07. The minimum atomic E-state index is 0.247. The SMILES string of the molecule is C=CC=CC(=C)c1nn(C(C)CCC)c2ncnc(N)c12. The van der Waals surface area contributed by atoms with Crippen LogP contribution in [0.15, 0.2) is 37.7 Å². The Bertz CT molecular complexity index is 696. The van der Waals surface area contributed by atoms with Crippen LogP contribution in [0.3, 0.4) is 0 Å². The topological polar surface area (TPSA) is 69.6 Å². The fourth-order valence-corrected chi connectivity index (χ4v) is 2.33. The van der Waals surface area contributed by atoms with Crippen LogP contribution in [-0.4, -0.2) is 19.7 Å². The maximum Gasteiger partial charge on any atom is 0.164 e. The van der Waals surface area contributed by atoms with Crippen molar-refractivity contribution in [2.24, 2.45) is 0 Å². The number of hydrogen-bond acceptors (Lipinski definition) is 4. The van der Waals surface area contributed by atoms with Gasteiger partial charge in [-0.25, -0.2) is 14.6 Å². The van der Waals surface area contributed by atoms with E-state index in [0.29, 0.717) is 5.82 Å². The first-order valence-corrected chi connectivity index (χ1v) is 7.07. The highest BCUT2D eigenvalue weighted by Crippen LogP contribution is 2.29. The standard InChI is InChI=1S/C16H21N5/c1-5-7-9-11(3)14-13-15(17)18-10-19-16(13)21(20-14)12(4)8-6-2/h5,7,9-10,12H,1,3,6,8H2,2,4H3,(H2,17,18,19). The molecule has 0 saturated heterocycles. The van der Waals surface area contributed by atoms with Crippen molar-refractivity contribution in [3.8, 4) is 0 Å². The predicted octanol–water partition coefficient (Wildman–Crippen LogP) is 3.53. The van der Waals surface area contributed by atoms with Gasteiger partial charge in [0.15, 0.2) is 5.65 Å². The fraction of sp³-hybridized carbons (Fsp3) is 0.312. The summed E-state index contributed by atoms with van der Waals surface area (Å²) in [7, 11) is 0. The maximum absolute atomic E-state index is 6.02. The summed E-state index contributed by atoms with van der Waals surface area (Å²) in [6, 6.07) is 0.247. The zero-order chi connectivity index (χ0) is 15.4. The molecule has 0 aliphatic heterocycles. The molecule has 2 N–H and O–H groups in total. The van der Waals surface area contributed by atoms with E-state index >= 15 is 0 Å². The van der Waals surface area contributed by atoms with E-state index < -0.39 is 0 Å². The molecule has 2 rings (SSSR count). The number of hydrogen-bond donors (Lipinski definition) is 1. The summed E-state index contributed by atoms with van der Waals surface area (Å²) in [6.07, 6.45) is 8.95. The monoisotopic (exact) mass is 283 g/mol. The van der Waals surface area contributed by atoms with Crippen molar-refractivity contribution in [3.05, 3.63) is 43.4 Å². The lowest BCUT2D eigenvalue weighted by molar-refractivity contribution is 0.464. The molecule has 21 heavy (non-hydrogen) atoms. The maximum atomic E-state index is 6.02. The Labute approximate surface area is 124 Å². The third-order valence-corrected chi connectivity index (χ3v) is 3.38. The summed E-state index contributed by atoms with van der Waals surface area (Å²) >= 11 is 0. The minimum absolute atomic E-state index is 0.247. The highest BCUT2D eigenvalue weighted by Gasteiger charge is 2.19. The van der Waals surface area contributed by atoms with E-state index in [0.717, 1.165) is 35.1 Å². The van der Waals surface area contributed by atoms with Crippen molar-refractivity contribution in [2.45, 2.75) is 32.7 Å². The fourth-order valence-electron chi connectivity index (χ4n) is 2.33. The molecule has 2 heterocycles. The largest absolute Gasteiger partial charge is 0.383 e. The normalized spacial score (nSPS) is 12.9. The summed E-state index contributed by atoms with van der Waals surface area (Å²) in [6.45, 7) is 12.0. The van der Waals surface area contributed by atoms with Crippen LogP contribution >= 0.6 is 0 Å². The second-order valence-corrected chi connectivity index (χ2v) is 5.01. The Kier molecular flexibility index (Phi) is 4.52. The zero-order valence-electron chi connectivity index (χ0n) is 12.6. The molecule has 2 aromatic rings. The molecule has 0 bridgehead atoms. The molecule has 0 saturated carbocycles. The number of anilines is 1. The van der Waals surface area contributed by atoms with Crippen molar-refractivity contribution >= 4 is 22.4 Å². The molecule has 0 aromatic carbocycles. The molecule has 2 aromatic heterocycles. The highest BCUT2D eigenvalue weighted by molar-refractivity contribution is 5.97. The van der Waals surface area contributed by atoms with E-state index in [1.54, 1.807) is 6.08 Å². The molecule has 0 radical (unpaired) electrons. The van der Waals surface area contributed by atoms with Crippen LogP contribution in [0.2, 0.25) is 0 Å². The van der Waals surface area contributed by atoms with Crippen LogP contribution in [0.4, 0.5) is 5.82 Å². The van der Waals surface area contributed by atoms with Crippen LogP contribution < -0.4 is 5.73 Å². The number of rotatable bonds is 6. The minimum Gasteiger partial charge on any atom is -0.383 e. The summed E-state index contributed by atoms with van der Waals surface area (Å²) in [5.41, 5.74) is 8.27. The predicted molar refractivity (Wildman–Crippen MR) is 87.7 cm³/mol. The van der Waals surface area contributed by atoms with E-state index in [1.807, 2.05) is 16.8 Å². The van der Waals surface area contributed by atoms with E-state index in [2.05, 4.69) is 42.1 Å². The Morgan fingerprint density at radius 2 is 2.24 bits per heavy atom. The van der Waals surface area contributed by atoms with Gasteiger partial charge in [0.1, 0.15) is 17.8 Å². The molecule has 0 spiro atoms. The van der Waals surface area contributed by atoms with Gasteiger partial charge in [-0.3, -0.25) is 0 Å². The third-order valence-electron chi connectivity index (χ3n) is 3.38. The number of aromatic nitrogens is 4. The molecule has 0 aliphatic carbocycles. The molecule has 0 fully saturated rings. The molecular weight excluding hydrogens is 262 g/mol. The van der Waals surface area contributed by atoms with E-state index in [-0.39, 0.29) is 6.04 Å². The van der Waals surface area contributed by atoms with Gasteiger partial charge in [0, 0.05) is 0 Å². The zero-order valence-corrected chi connectivity index (χ0v) is 12.6. The molecule has 0 amide bonds. The quantitative estimate of drug-likeness (QED) is 0.823. The summed E-state index contributed by atoms with van der Waals surface area (Å²) in [5, 5.41) is 5.43. The second-order valence-electron chi connectivity index (χ2n) is 5.01. The number of nitrogens with zero attached hydrogens (tertiary/aromatic N) is 4. The van der Waals surface area contributed by atoms with Crippen LogP contribution in [0.25, 0.3) is 16.6 Å². The highest BCUT2D eigenvalue weighted by atomic mass is 15.3. The van der Waals surface area contributed by atoms with Gasteiger partial charge in [0.2, 0.25) is 0 Å². The Balaban J connectivity index is 2.63. The summed E-state index contributed by atoms with van der Waals surface area (Å²) < 4.78 is 1.92. The third kappa shape index (κ3) is 2.86. The van der Waals surface area contributed by atoms with Gasteiger partial charge in [-0.05, 0) is 18.9 Å². The Morgan fingerprint density at radius 3 is 2.90 bits per heavy atom. The lowest BCUT2D eigenvalue weighted by Gasteiger charge is -2.11. The van der Waals surface area contributed by atoms with Crippen molar-refractivity contribution < 1.29 is 0 Å². The number of fused-ring (bicyclic) bond motifs is 1. The van der Waals surface area contributed by atoms with Gasteiger partial charge in [0.05, 0.1) is 11.4 Å². The summed E-state index contributed by atoms with van der Waals surface area (Å²) in [5.74, 6) is 0.429. The van der Waals surface area contributed by atoms with Gasteiger partial charge < -0.3 is 5.73 Å². The lowest BCUT2D eigenvalue weighted by atomic mass is 10.1. The van der Waals surface area contributed by atoms with Gasteiger partial charge >= 0.3 is 0 Å². The first kappa shape index (κ1) is 15.0. The second kappa shape index (κ2) is 6.35. The molecular formula is C16H21N5. The van der Waals surface area contributed by atoms with Gasteiger partial charge in [0.25, 0.3) is 0 Å². The molecule has 5 heteroatoms. The van der Waals surface area contributed by atoms with Crippen LogP contribution in [0.1, 0.15) is 38.4 Å². The summed E-state index contributed by atoms with van der Waals surface area (Å²) in [4.78, 5) is 8.43. The van der Waals surface area contributed by atoms with E-state index in [4.69, 9.17) is 5.73 Å². The average Bonchev–Trinajstić information content (AvgIpc) is 2.86.